The molecule has 4 heteroatoms. The molecule has 0 saturated carbocycles. The van der Waals surface area contributed by atoms with Crippen LogP contribution in [-0.2, 0) is 9.47 Å². The van der Waals surface area contributed by atoms with Crippen LogP contribution in [0.15, 0.2) is 0 Å². The number of thiocarbonyl (C=S) groups is 1. The molecule has 15 heavy (non-hydrogen) atoms. The molecule has 2 N–H and O–H groups in total. The lowest BCUT2D eigenvalue weighted by Gasteiger charge is -2.23. The Bertz CT molecular complexity index is 213. The summed E-state index contributed by atoms with van der Waals surface area (Å²) in [6.07, 6.45) is 3.31. The van der Waals surface area contributed by atoms with E-state index in [9.17, 15) is 0 Å². The number of ether oxygens (including phenoxy) is 2. The molecule has 1 aliphatic rings. The fraction of sp³-hybridized carbons (Fsp3) is 0.909. The molecule has 0 aromatic carbocycles. The van der Waals surface area contributed by atoms with Crippen LogP contribution in [-0.4, -0.2) is 30.9 Å². The van der Waals surface area contributed by atoms with Crippen LogP contribution < -0.4 is 5.73 Å². The molecule has 1 heterocycles. The Morgan fingerprint density at radius 1 is 1.60 bits per heavy atom. The van der Waals surface area contributed by atoms with Gasteiger partial charge in [-0.3, -0.25) is 0 Å². The van der Waals surface area contributed by atoms with Gasteiger partial charge in [0, 0.05) is 18.6 Å². The number of nitrogens with two attached hydrogens (primary N) is 1. The Morgan fingerprint density at radius 3 is 2.87 bits per heavy atom. The highest BCUT2D eigenvalue weighted by Gasteiger charge is 2.21. The van der Waals surface area contributed by atoms with Gasteiger partial charge < -0.3 is 15.2 Å². The van der Waals surface area contributed by atoms with E-state index in [0.717, 1.165) is 39.1 Å². The summed E-state index contributed by atoms with van der Waals surface area (Å²) in [6, 6.07) is 0. The van der Waals surface area contributed by atoms with Crippen molar-refractivity contribution >= 4 is 17.2 Å². The summed E-state index contributed by atoms with van der Waals surface area (Å²) in [4.78, 5) is 0.590. The van der Waals surface area contributed by atoms with Gasteiger partial charge in [0.05, 0.1) is 17.7 Å². The highest BCUT2D eigenvalue weighted by Crippen LogP contribution is 2.22. The molecule has 1 unspecified atom stereocenters. The molecule has 1 fully saturated rings. The molecule has 0 amide bonds. The van der Waals surface area contributed by atoms with Crippen molar-refractivity contribution in [2.75, 3.05) is 19.8 Å². The van der Waals surface area contributed by atoms with E-state index in [1.165, 1.54) is 0 Å². The lowest BCUT2D eigenvalue weighted by Crippen LogP contribution is -2.30. The summed E-state index contributed by atoms with van der Waals surface area (Å²) in [5.41, 5.74) is 5.59. The Balaban J connectivity index is 2.08. The largest absolute Gasteiger partial charge is 0.393 e. The molecular formula is C11H21NO2S. The second-order valence-electron chi connectivity index (χ2n) is 4.71. The Morgan fingerprint density at radius 2 is 2.33 bits per heavy atom. The van der Waals surface area contributed by atoms with Crippen LogP contribution in [0.5, 0.6) is 0 Å². The fourth-order valence-electron chi connectivity index (χ4n) is 1.53. The predicted octanol–water partition coefficient (Wildman–Crippen LogP) is 1.88. The molecule has 0 bridgehead atoms. The molecule has 0 spiro atoms. The van der Waals surface area contributed by atoms with E-state index in [4.69, 9.17) is 27.4 Å². The molecular weight excluding hydrogens is 210 g/mol. The van der Waals surface area contributed by atoms with Gasteiger partial charge in [-0.1, -0.05) is 26.1 Å². The molecule has 88 valence electrons. The van der Waals surface area contributed by atoms with Crippen LogP contribution in [0.1, 0.15) is 33.1 Å². The molecule has 1 atom stereocenters. The van der Waals surface area contributed by atoms with E-state index in [-0.39, 0.29) is 5.41 Å². The first kappa shape index (κ1) is 12.9. The number of hydrogen-bond donors (Lipinski definition) is 1. The first-order valence-corrected chi connectivity index (χ1v) is 5.92. The standard InChI is InChI=1S/C11H21NO2S/c1-11(2,10(12)15)5-3-6-14-9-4-7-13-8-9/h9H,3-8H2,1-2H3,(H2,12,15). The minimum Gasteiger partial charge on any atom is -0.393 e. The minimum absolute atomic E-state index is 0.0507. The second kappa shape index (κ2) is 5.77. The van der Waals surface area contributed by atoms with Gasteiger partial charge in [0.2, 0.25) is 0 Å². The Labute approximate surface area is 97.3 Å². The minimum atomic E-state index is -0.0507. The zero-order chi connectivity index (χ0) is 11.3. The zero-order valence-corrected chi connectivity index (χ0v) is 10.4. The van der Waals surface area contributed by atoms with Gasteiger partial charge in [-0.2, -0.15) is 0 Å². The molecule has 1 saturated heterocycles. The first-order chi connectivity index (χ1) is 7.02. The Kier molecular flexibility index (Phi) is 4.96. The zero-order valence-electron chi connectivity index (χ0n) is 9.62. The van der Waals surface area contributed by atoms with E-state index in [2.05, 4.69) is 13.8 Å². The molecule has 0 radical (unpaired) electrons. The average Bonchev–Trinajstić information content (AvgIpc) is 2.64. The van der Waals surface area contributed by atoms with Crippen molar-refractivity contribution < 1.29 is 9.47 Å². The van der Waals surface area contributed by atoms with E-state index < -0.39 is 0 Å². The van der Waals surface area contributed by atoms with Gasteiger partial charge >= 0.3 is 0 Å². The van der Waals surface area contributed by atoms with Crippen molar-refractivity contribution in [3.63, 3.8) is 0 Å². The normalized spacial score (nSPS) is 21.9. The van der Waals surface area contributed by atoms with Crippen LogP contribution in [0.4, 0.5) is 0 Å². The van der Waals surface area contributed by atoms with Crippen LogP contribution in [0, 0.1) is 5.41 Å². The van der Waals surface area contributed by atoms with Crippen molar-refractivity contribution in [2.24, 2.45) is 11.1 Å². The fourth-order valence-corrected chi connectivity index (χ4v) is 1.63. The third-order valence-electron chi connectivity index (χ3n) is 2.85. The van der Waals surface area contributed by atoms with Gasteiger partial charge in [-0.15, -0.1) is 0 Å². The van der Waals surface area contributed by atoms with Crippen molar-refractivity contribution in [3.05, 3.63) is 0 Å². The predicted molar refractivity (Wildman–Crippen MR) is 65.0 cm³/mol. The van der Waals surface area contributed by atoms with Gasteiger partial charge in [0.1, 0.15) is 0 Å². The smallest absolute Gasteiger partial charge is 0.0830 e. The van der Waals surface area contributed by atoms with Crippen molar-refractivity contribution in [2.45, 2.75) is 39.2 Å². The highest BCUT2D eigenvalue weighted by atomic mass is 32.1. The molecule has 0 aromatic rings. The van der Waals surface area contributed by atoms with E-state index in [1.807, 2.05) is 0 Å². The molecule has 3 nitrogen and oxygen atoms in total. The third kappa shape index (κ3) is 4.45. The van der Waals surface area contributed by atoms with Crippen molar-refractivity contribution in [1.82, 2.24) is 0 Å². The van der Waals surface area contributed by atoms with Gasteiger partial charge in [-0.05, 0) is 19.3 Å². The third-order valence-corrected chi connectivity index (χ3v) is 3.41. The van der Waals surface area contributed by atoms with E-state index in [1.54, 1.807) is 0 Å². The summed E-state index contributed by atoms with van der Waals surface area (Å²) in [5.74, 6) is 0. The van der Waals surface area contributed by atoms with Gasteiger partial charge in [0.25, 0.3) is 0 Å². The average molecular weight is 231 g/mol. The molecule has 0 aliphatic carbocycles. The monoisotopic (exact) mass is 231 g/mol. The molecule has 0 aromatic heterocycles. The van der Waals surface area contributed by atoms with Crippen LogP contribution in [0.25, 0.3) is 0 Å². The summed E-state index contributed by atoms with van der Waals surface area (Å²) in [5, 5.41) is 0. The highest BCUT2D eigenvalue weighted by molar-refractivity contribution is 7.80. The van der Waals surface area contributed by atoms with E-state index in [0.29, 0.717) is 11.1 Å². The number of rotatable bonds is 6. The maximum Gasteiger partial charge on any atom is 0.0830 e. The summed E-state index contributed by atoms with van der Waals surface area (Å²) < 4.78 is 10.9. The van der Waals surface area contributed by atoms with Crippen LogP contribution in [0.2, 0.25) is 0 Å². The lowest BCUT2D eigenvalue weighted by molar-refractivity contribution is 0.0387. The van der Waals surface area contributed by atoms with Gasteiger partial charge in [0.15, 0.2) is 0 Å². The first-order valence-electron chi connectivity index (χ1n) is 5.51. The van der Waals surface area contributed by atoms with E-state index >= 15 is 0 Å². The number of hydrogen-bond acceptors (Lipinski definition) is 3. The quantitative estimate of drug-likeness (QED) is 0.560. The Hall–Kier alpha value is -0.190. The second-order valence-corrected chi connectivity index (χ2v) is 5.15. The van der Waals surface area contributed by atoms with Crippen LogP contribution in [0.3, 0.4) is 0 Å². The van der Waals surface area contributed by atoms with Crippen molar-refractivity contribution in [3.8, 4) is 0 Å². The summed E-state index contributed by atoms with van der Waals surface area (Å²) >= 11 is 5.01. The van der Waals surface area contributed by atoms with Gasteiger partial charge in [-0.25, -0.2) is 0 Å². The molecule has 1 rings (SSSR count). The summed E-state index contributed by atoms with van der Waals surface area (Å²) in [6.45, 7) is 6.52. The summed E-state index contributed by atoms with van der Waals surface area (Å²) in [7, 11) is 0. The maximum absolute atomic E-state index is 5.67. The topological polar surface area (TPSA) is 44.5 Å². The lowest BCUT2D eigenvalue weighted by atomic mass is 9.88. The molecule has 1 aliphatic heterocycles. The maximum atomic E-state index is 5.67. The van der Waals surface area contributed by atoms with Crippen molar-refractivity contribution in [1.29, 1.82) is 0 Å². The van der Waals surface area contributed by atoms with Crippen LogP contribution >= 0.6 is 12.2 Å². The SMILES string of the molecule is CC(C)(CCCOC1CCOC1)C(N)=S.